The van der Waals surface area contributed by atoms with Crippen LogP contribution in [0.5, 0.6) is 0 Å². The van der Waals surface area contributed by atoms with Crippen LogP contribution in [0, 0.1) is 17.8 Å². The van der Waals surface area contributed by atoms with Crippen LogP contribution in [-0.2, 0) is 4.79 Å². The number of hydrogen-bond acceptors (Lipinski definition) is 2. The van der Waals surface area contributed by atoms with Gasteiger partial charge in [0.1, 0.15) is 0 Å². The standard InChI is InChI=1S/C14H26N2OS/c1-10(2)12(13(15)18)14(17)16-9-8-11-6-4-3-5-7-11/h10-12H,3-9H2,1-2H3,(H2,15,18)(H,16,17). The molecular weight excluding hydrogens is 244 g/mol. The molecule has 0 aromatic carbocycles. The van der Waals surface area contributed by atoms with E-state index in [1.54, 1.807) is 0 Å². The number of rotatable bonds is 6. The molecule has 0 aromatic heterocycles. The van der Waals surface area contributed by atoms with Gasteiger partial charge in [0.2, 0.25) is 5.91 Å². The average molecular weight is 270 g/mol. The first-order valence-electron chi connectivity index (χ1n) is 7.09. The molecule has 1 aliphatic carbocycles. The Balaban J connectivity index is 2.28. The van der Waals surface area contributed by atoms with Crippen LogP contribution in [0.25, 0.3) is 0 Å². The minimum atomic E-state index is -0.327. The van der Waals surface area contributed by atoms with E-state index in [4.69, 9.17) is 18.0 Å². The largest absolute Gasteiger partial charge is 0.393 e. The van der Waals surface area contributed by atoms with Crippen molar-refractivity contribution in [1.82, 2.24) is 5.32 Å². The quantitative estimate of drug-likeness (QED) is 0.730. The van der Waals surface area contributed by atoms with Gasteiger partial charge in [0.15, 0.2) is 0 Å². The second-order valence-electron chi connectivity index (χ2n) is 5.71. The summed E-state index contributed by atoms with van der Waals surface area (Å²) >= 11 is 4.96. The predicted octanol–water partition coefficient (Wildman–Crippen LogP) is 2.63. The third-order valence-electron chi connectivity index (χ3n) is 3.83. The van der Waals surface area contributed by atoms with Gasteiger partial charge in [-0.15, -0.1) is 0 Å². The van der Waals surface area contributed by atoms with Crippen molar-refractivity contribution in [2.45, 2.75) is 52.4 Å². The molecule has 1 atom stereocenters. The Labute approximate surface area is 116 Å². The maximum Gasteiger partial charge on any atom is 0.230 e. The summed E-state index contributed by atoms with van der Waals surface area (Å²) in [7, 11) is 0. The van der Waals surface area contributed by atoms with Crippen molar-refractivity contribution in [1.29, 1.82) is 0 Å². The topological polar surface area (TPSA) is 55.1 Å². The van der Waals surface area contributed by atoms with Gasteiger partial charge < -0.3 is 11.1 Å². The van der Waals surface area contributed by atoms with Crippen LogP contribution in [-0.4, -0.2) is 17.4 Å². The van der Waals surface area contributed by atoms with E-state index in [9.17, 15) is 4.79 Å². The summed E-state index contributed by atoms with van der Waals surface area (Å²) in [6.07, 6.45) is 7.80. The number of carbonyl (C=O) groups excluding carboxylic acids is 1. The number of nitrogens with two attached hydrogens (primary N) is 1. The molecule has 1 rings (SSSR count). The Morgan fingerprint density at radius 1 is 1.33 bits per heavy atom. The molecule has 0 bridgehead atoms. The number of carbonyl (C=O) groups is 1. The lowest BCUT2D eigenvalue weighted by atomic mass is 9.87. The van der Waals surface area contributed by atoms with E-state index in [1.165, 1.54) is 32.1 Å². The van der Waals surface area contributed by atoms with Crippen LogP contribution < -0.4 is 11.1 Å². The number of amides is 1. The van der Waals surface area contributed by atoms with Crippen LogP contribution in [0.3, 0.4) is 0 Å². The van der Waals surface area contributed by atoms with Crippen LogP contribution in [0.1, 0.15) is 52.4 Å². The fourth-order valence-corrected chi connectivity index (χ4v) is 3.12. The van der Waals surface area contributed by atoms with Gasteiger partial charge in [-0.1, -0.05) is 58.2 Å². The fourth-order valence-electron chi connectivity index (χ4n) is 2.75. The molecule has 1 saturated carbocycles. The molecule has 18 heavy (non-hydrogen) atoms. The van der Waals surface area contributed by atoms with E-state index in [1.807, 2.05) is 13.8 Å². The molecule has 3 N–H and O–H groups in total. The lowest BCUT2D eigenvalue weighted by Crippen LogP contribution is -2.41. The molecule has 0 aliphatic heterocycles. The van der Waals surface area contributed by atoms with Gasteiger partial charge in [-0.2, -0.15) is 0 Å². The maximum atomic E-state index is 12.0. The maximum absolute atomic E-state index is 12.0. The predicted molar refractivity (Wildman–Crippen MR) is 79.3 cm³/mol. The Hall–Kier alpha value is -0.640. The van der Waals surface area contributed by atoms with Gasteiger partial charge in [-0.25, -0.2) is 0 Å². The lowest BCUT2D eigenvalue weighted by Gasteiger charge is -2.23. The molecule has 0 heterocycles. The van der Waals surface area contributed by atoms with Gasteiger partial charge in [0.25, 0.3) is 0 Å². The summed E-state index contributed by atoms with van der Waals surface area (Å²) in [6.45, 7) is 4.71. The summed E-state index contributed by atoms with van der Waals surface area (Å²) < 4.78 is 0. The molecule has 4 heteroatoms. The first-order valence-corrected chi connectivity index (χ1v) is 7.50. The highest BCUT2D eigenvalue weighted by Gasteiger charge is 2.24. The van der Waals surface area contributed by atoms with Gasteiger partial charge >= 0.3 is 0 Å². The Bertz CT molecular complexity index is 286. The van der Waals surface area contributed by atoms with Crippen molar-refractivity contribution in [3.05, 3.63) is 0 Å². The Morgan fingerprint density at radius 2 is 1.94 bits per heavy atom. The summed E-state index contributed by atoms with van der Waals surface area (Å²) in [5.41, 5.74) is 5.62. The average Bonchev–Trinajstić information content (AvgIpc) is 2.29. The van der Waals surface area contributed by atoms with Crippen molar-refractivity contribution in [3.63, 3.8) is 0 Å². The highest BCUT2D eigenvalue weighted by molar-refractivity contribution is 7.80. The van der Waals surface area contributed by atoms with E-state index in [0.29, 0.717) is 4.99 Å². The number of thiocarbonyl (C=S) groups is 1. The van der Waals surface area contributed by atoms with E-state index in [2.05, 4.69) is 5.32 Å². The molecule has 1 fully saturated rings. The first-order chi connectivity index (χ1) is 8.52. The van der Waals surface area contributed by atoms with E-state index < -0.39 is 0 Å². The van der Waals surface area contributed by atoms with Crippen molar-refractivity contribution in [2.75, 3.05) is 6.54 Å². The summed E-state index contributed by atoms with van der Waals surface area (Å²) in [4.78, 5) is 12.3. The highest BCUT2D eigenvalue weighted by atomic mass is 32.1. The van der Waals surface area contributed by atoms with Gasteiger partial charge in [0, 0.05) is 6.54 Å². The minimum absolute atomic E-state index is 0.00619. The molecule has 0 aromatic rings. The second kappa shape index (κ2) is 7.72. The van der Waals surface area contributed by atoms with Crippen LogP contribution in [0.15, 0.2) is 0 Å². The molecule has 104 valence electrons. The molecule has 1 unspecified atom stereocenters. The van der Waals surface area contributed by atoms with Gasteiger partial charge in [-0.3, -0.25) is 4.79 Å². The van der Waals surface area contributed by atoms with Gasteiger partial charge in [0.05, 0.1) is 10.9 Å². The zero-order chi connectivity index (χ0) is 13.5. The molecule has 1 aliphatic rings. The van der Waals surface area contributed by atoms with Crippen molar-refractivity contribution < 1.29 is 4.79 Å². The highest BCUT2D eigenvalue weighted by Crippen LogP contribution is 2.25. The monoisotopic (exact) mass is 270 g/mol. The third kappa shape index (κ3) is 4.92. The molecular formula is C14H26N2OS. The Morgan fingerprint density at radius 3 is 2.44 bits per heavy atom. The minimum Gasteiger partial charge on any atom is -0.393 e. The van der Waals surface area contributed by atoms with Crippen LogP contribution >= 0.6 is 12.2 Å². The number of nitrogens with one attached hydrogen (secondary N) is 1. The molecule has 1 amide bonds. The molecule has 0 saturated heterocycles. The first kappa shape index (κ1) is 15.4. The zero-order valence-corrected chi connectivity index (χ0v) is 12.4. The van der Waals surface area contributed by atoms with E-state index in [-0.39, 0.29) is 17.7 Å². The summed E-state index contributed by atoms with van der Waals surface area (Å²) in [5, 5.41) is 2.99. The Kier molecular flexibility index (Phi) is 6.61. The van der Waals surface area contributed by atoms with Gasteiger partial charge in [-0.05, 0) is 18.3 Å². The second-order valence-corrected chi connectivity index (χ2v) is 6.18. The third-order valence-corrected chi connectivity index (χ3v) is 4.09. The smallest absolute Gasteiger partial charge is 0.230 e. The van der Waals surface area contributed by atoms with E-state index in [0.717, 1.165) is 18.9 Å². The zero-order valence-electron chi connectivity index (χ0n) is 11.6. The van der Waals surface area contributed by atoms with Crippen molar-refractivity contribution in [3.8, 4) is 0 Å². The van der Waals surface area contributed by atoms with Crippen molar-refractivity contribution >= 4 is 23.1 Å². The van der Waals surface area contributed by atoms with E-state index >= 15 is 0 Å². The SMILES string of the molecule is CC(C)C(C(=O)NCCC1CCCCC1)C(N)=S. The molecule has 3 nitrogen and oxygen atoms in total. The summed E-state index contributed by atoms with van der Waals surface area (Å²) in [5.74, 6) is 0.623. The van der Waals surface area contributed by atoms with Crippen LogP contribution in [0.4, 0.5) is 0 Å². The lowest BCUT2D eigenvalue weighted by molar-refractivity contribution is -0.124. The van der Waals surface area contributed by atoms with Crippen molar-refractivity contribution in [2.24, 2.45) is 23.5 Å². The molecule has 0 radical (unpaired) electrons. The summed E-state index contributed by atoms with van der Waals surface area (Å²) in [6, 6.07) is 0. The van der Waals surface area contributed by atoms with Crippen LogP contribution in [0.2, 0.25) is 0 Å². The normalized spacial score (nSPS) is 18.6. The fraction of sp³-hybridized carbons (Fsp3) is 0.857. The number of hydrogen-bond donors (Lipinski definition) is 2. The molecule has 0 spiro atoms.